The normalized spacial score (nSPS) is 26.2. The molecule has 0 aliphatic carbocycles. The molecule has 2 atom stereocenters. The minimum Gasteiger partial charge on any atom is -0.389 e. The van der Waals surface area contributed by atoms with Crippen molar-refractivity contribution in [2.45, 2.75) is 38.4 Å². The van der Waals surface area contributed by atoms with E-state index >= 15 is 0 Å². The van der Waals surface area contributed by atoms with Crippen LogP contribution in [0.1, 0.15) is 38.4 Å². The van der Waals surface area contributed by atoms with Crippen molar-refractivity contribution in [3.8, 4) is 0 Å². The summed E-state index contributed by atoms with van der Waals surface area (Å²) in [6.07, 6.45) is 0.930. The van der Waals surface area contributed by atoms with Gasteiger partial charge in [-0.05, 0) is 44.4 Å². The van der Waals surface area contributed by atoms with E-state index in [4.69, 9.17) is 0 Å². The number of β-amino-alcohol motifs (C(OH)–C–C–N with tert-alkyl or cyclic N) is 1. The number of nitrogens with zero attached hydrogens (tertiary/aromatic N) is 1. The molecule has 0 amide bonds. The summed E-state index contributed by atoms with van der Waals surface area (Å²) in [5, 5.41) is 19.4. The molecule has 1 aliphatic heterocycles. The highest BCUT2D eigenvalue weighted by Crippen LogP contribution is 2.29. The Labute approximate surface area is 107 Å². The summed E-state index contributed by atoms with van der Waals surface area (Å²) >= 11 is 0. The zero-order chi connectivity index (χ0) is 13.3. The van der Waals surface area contributed by atoms with Gasteiger partial charge in [-0.3, -0.25) is 0 Å². The van der Waals surface area contributed by atoms with Crippen LogP contribution in [-0.2, 0) is 0 Å². The summed E-state index contributed by atoms with van der Waals surface area (Å²) in [4.78, 5) is 1.87. The highest BCUT2D eigenvalue weighted by Gasteiger charge is 2.29. The van der Waals surface area contributed by atoms with Gasteiger partial charge in [0.1, 0.15) is 5.82 Å². The molecule has 0 radical (unpaired) electrons. The third-order valence-corrected chi connectivity index (χ3v) is 3.47. The number of aliphatic hydroxyl groups excluding tert-OH is 1. The second-order valence-corrected chi connectivity index (χ2v) is 5.41. The van der Waals surface area contributed by atoms with Crippen LogP contribution < -0.4 is 4.90 Å². The zero-order valence-electron chi connectivity index (χ0n) is 10.9. The molecule has 0 spiro atoms. The van der Waals surface area contributed by atoms with Crippen molar-refractivity contribution in [3.63, 3.8) is 0 Å². The molecule has 1 aliphatic rings. The molecule has 2 rings (SSSR count). The largest absolute Gasteiger partial charge is 0.389 e. The molecular weight excluding hydrogens is 233 g/mol. The smallest absolute Gasteiger partial charge is 0.146 e. The predicted octanol–water partition coefficient (Wildman–Crippen LogP) is 2.23. The van der Waals surface area contributed by atoms with E-state index in [0.29, 0.717) is 17.8 Å². The molecule has 1 aromatic rings. The molecule has 0 aromatic heterocycles. The maximum absolute atomic E-state index is 14.0. The first-order valence-corrected chi connectivity index (χ1v) is 6.34. The van der Waals surface area contributed by atoms with E-state index < -0.39 is 11.7 Å². The number of anilines is 1. The number of benzene rings is 1. The van der Waals surface area contributed by atoms with E-state index in [9.17, 15) is 14.6 Å². The standard InChI is InChI=1S/C14H20FNO2/c1-10(17)11-4-5-13(12(15)8-11)16-7-3-6-14(2,18)9-16/h4-5,8,10,17-18H,3,6-7,9H2,1-2H3. The second kappa shape index (κ2) is 4.86. The Morgan fingerprint density at radius 2 is 2.17 bits per heavy atom. The monoisotopic (exact) mass is 253 g/mol. The van der Waals surface area contributed by atoms with Gasteiger partial charge in [0.25, 0.3) is 0 Å². The van der Waals surface area contributed by atoms with E-state index in [1.165, 1.54) is 6.07 Å². The van der Waals surface area contributed by atoms with Crippen molar-refractivity contribution in [2.24, 2.45) is 0 Å². The number of piperidine rings is 1. The fourth-order valence-corrected chi connectivity index (χ4v) is 2.47. The lowest BCUT2D eigenvalue weighted by Crippen LogP contribution is -2.46. The number of aliphatic hydroxyl groups is 2. The van der Waals surface area contributed by atoms with Gasteiger partial charge in [-0.25, -0.2) is 4.39 Å². The molecule has 1 saturated heterocycles. The van der Waals surface area contributed by atoms with Gasteiger partial charge >= 0.3 is 0 Å². The van der Waals surface area contributed by atoms with Crippen LogP contribution in [0.15, 0.2) is 18.2 Å². The molecule has 3 nitrogen and oxygen atoms in total. The Balaban J connectivity index is 2.23. The SMILES string of the molecule is CC(O)c1ccc(N2CCCC(C)(O)C2)c(F)c1. The van der Waals surface area contributed by atoms with Crippen molar-refractivity contribution in [1.29, 1.82) is 0 Å². The summed E-state index contributed by atoms with van der Waals surface area (Å²) in [7, 11) is 0. The summed E-state index contributed by atoms with van der Waals surface area (Å²) in [6.45, 7) is 4.58. The number of hydrogen-bond donors (Lipinski definition) is 2. The van der Waals surface area contributed by atoms with Crippen LogP contribution in [0.4, 0.5) is 10.1 Å². The van der Waals surface area contributed by atoms with Gasteiger partial charge in [0.05, 0.1) is 17.4 Å². The first-order chi connectivity index (χ1) is 8.39. The maximum atomic E-state index is 14.0. The van der Waals surface area contributed by atoms with Crippen molar-refractivity contribution >= 4 is 5.69 Å². The van der Waals surface area contributed by atoms with Gasteiger partial charge < -0.3 is 15.1 Å². The lowest BCUT2D eigenvalue weighted by molar-refractivity contribution is 0.0447. The zero-order valence-corrected chi connectivity index (χ0v) is 10.9. The molecule has 2 N–H and O–H groups in total. The molecule has 0 saturated carbocycles. The van der Waals surface area contributed by atoms with Crippen LogP contribution >= 0.6 is 0 Å². The van der Waals surface area contributed by atoms with Gasteiger partial charge in [-0.1, -0.05) is 6.07 Å². The average molecular weight is 253 g/mol. The topological polar surface area (TPSA) is 43.7 Å². The van der Waals surface area contributed by atoms with Crippen molar-refractivity contribution in [3.05, 3.63) is 29.6 Å². The summed E-state index contributed by atoms with van der Waals surface area (Å²) in [6, 6.07) is 4.77. The van der Waals surface area contributed by atoms with Crippen LogP contribution in [-0.4, -0.2) is 28.9 Å². The summed E-state index contributed by atoms with van der Waals surface area (Å²) < 4.78 is 14.0. The quantitative estimate of drug-likeness (QED) is 0.849. The van der Waals surface area contributed by atoms with Gasteiger partial charge in [-0.2, -0.15) is 0 Å². The maximum Gasteiger partial charge on any atom is 0.146 e. The molecule has 0 bridgehead atoms. The Kier molecular flexibility index (Phi) is 3.59. The van der Waals surface area contributed by atoms with Crippen LogP contribution in [0.25, 0.3) is 0 Å². The van der Waals surface area contributed by atoms with E-state index in [-0.39, 0.29) is 5.82 Å². The fraction of sp³-hybridized carbons (Fsp3) is 0.571. The van der Waals surface area contributed by atoms with Crippen molar-refractivity contribution < 1.29 is 14.6 Å². The minimum absolute atomic E-state index is 0.342. The van der Waals surface area contributed by atoms with Gasteiger partial charge in [0, 0.05) is 13.1 Å². The van der Waals surface area contributed by atoms with Crippen molar-refractivity contribution in [1.82, 2.24) is 0 Å². The molecule has 1 heterocycles. The highest BCUT2D eigenvalue weighted by atomic mass is 19.1. The number of halogens is 1. The van der Waals surface area contributed by atoms with Gasteiger partial charge in [-0.15, -0.1) is 0 Å². The Hall–Kier alpha value is -1.13. The van der Waals surface area contributed by atoms with E-state index in [0.717, 1.165) is 19.4 Å². The first kappa shape index (κ1) is 13.3. The second-order valence-electron chi connectivity index (χ2n) is 5.41. The molecule has 100 valence electrons. The fourth-order valence-electron chi connectivity index (χ4n) is 2.47. The first-order valence-electron chi connectivity index (χ1n) is 6.34. The molecule has 18 heavy (non-hydrogen) atoms. The third kappa shape index (κ3) is 2.82. The molecule has 4 heteroatoms. The van der Waals surface area contributed by atoms with Crippen LogP contribution in [0.5, 0.6) is 0 Å². The molecule has 1 fully saturated rings. The van der Waals surface area contributed by atoms with E-state index in [1.54, 1.807) is 26.0 Å². The molecule has 2 unspecified atom stereocenters. The summed E-state index contributed by atoms with van der Waals surface area (Å²) in [5.74, 6) is -0.342. The van der Waals surface area contributed by atoms with Crippen molar-refractivity contribution in [2.75, 3.05) is 18.0 Å². The number of hydrogen-bond acceptors (Lipinski definition) is 3. The predicted molar refractivity (Wildman–Crippen MR) is 69.1 cm³/mol. The Morgan fingerprint density at radius 3 is 2.72 bits per heavy atom. The summed E-state index contributed by atoms with van der Waals surface area (Å²) in [5.41, 5.74) is 0.313. The number of rotatable bonds is 2. The lowest BCUT2D eigenvalue weighted by Gasteiger charge is -2.38. The Bertz CT molecular complexity index is 432. The lowest BCUT2D eigenvalue weighted by atomic mass is 9.94. The van der Waals surface area contributed by atoms with Crippen LogP contribution in [0, 0.1) is 5.82 Å². The van der Waals surface area contributed by atoms with E-state index in [2.05, 4.69) is 0 Å². The molecular formula is C14H20FNO2. The van der Waals surface area contributed by atoms with Gasteiger partial charge in [0.15, 0.2) is 0 Å². The van der Waals surface area contributed by atoms with Gasteiger partial charge in [0.2, 0.25) is 0 Å². The van der Waals surface area contributed by atoms with E-state index in [1.807, 2.05) is 4.90 Å². The molecule has 1 aromatic carbocycles. The third-order valence-electron chi connectivity index (χ3n) is 3.47. The highest BCUT2D eigenvalue weighted by molar-refractivity contribution is 5.50. The average Bonchev–Trinajstić information content (AvgIpc) is 2.27. The van der Waals surface area contributed by atoms with Crippen LogP contribution in [0.3, 0.4) is 0 Å². The van der Waals surface area contributed by atoms with Crippen LogP contribution in [0.2, 0.25) is 0 Å². The minimum atomic E-state index is -0.756. The Morgan fingerprint density at radius 1 is 1.44 bits per heavy atom.